The molecule has 2 heteroatoms. The molecule has 0 amide bonds. The van der Waals surface area contributed by atoms with Gasteiger partial charge in [-0.1, -0.05) is 24.8 Å². The third-order valence-electron chi connectivity index (χ3n) is 1.98. The molecule has 1 unspecified atom stereocenters. The van der Waals surface area contributed by atoms with E-state index in [0.717, 1.165) is 16.7 Å². The summed E-state index contributed by atoms with van der Waals surface area (Å²) in [6.45, 7) is 10.8. The highest BCUT2D eigenvalue weighted by Gasteiger charge is 2.18. The van der Waals surface area contributed by atoms with Crippen LogP contribution in [0.4, 0.5) is 0 Å². The number of rotatable bonds is 2. The Labute approximate surface area is 73.4 Å². The Morgan fingerprint density at radius 1 is 1.75 bits per heavy atom. The summed E-state index contributed by atoms with van der Waals surface area (Å²) in [4.78, 5) is 0. The smallest absolute Gasteiger partial charge is 0.0720 e. The molecule has 0 radical (unpaired) electrons. The summed E-state index contributed by atoms with van der Waals surface area (Å²) in [5.41, 5.74) is 9.05. The van der Waals surface area contributed by atoms with Gasteiger partial charge >= 0.3 is 0 Å². The van der Waals surface area contributed by atoms with Crippen molar-refractivity contribution in [3.8, 4) is 0 Å². The molecule has 0 fully saturated rings. The quantitative estimate of drug-likeness (QED) is 0.671. The molecule has 0 spiro atoms. The summed E-state index contributed by atoms with van der Waals surface area (Å²) in [6, 6.07) is -0.0377. The first kappa shape index (κ1) is 9.23. The fourth-order valence-corrected chi connectivity index (χ4v) is 1.45. The highest BCUT2D eigenvalue weighted by molar-refractivity contribution is 5.42. The van der Waals surface area contributed by atoms with Gasteiger partial charge in [0.1, 0.15) is 0 Å². The third-order valence-corrected chi connectivity index (χ3v) is 1.98. The molecule has 12 heavy (non-hydrogen) atoms. The van der Waals surface area contributed by atoms with E-state index in [0.29, 0.717) is 13.2 Å². The normalized spacial score (nSPS) is 24.0. The predicted molar refractivity (Wildman–Crippen MR) is 50.8 cm³/mol. The van der Waals surface area contributed by atoms with E-state index < -0.39 is 0 Å². The minimum absolute atomic E-state index is 0.0377. The van der Waals surface area contributed by atoms with Crippen molar-refractivity contribution < 1.29 is 4.74 Å². The number of hydrogen-bond donors (Lipinski definition) is 1. The first-order chi connectivity index (χ1) is 5.66. The van der Waals surface area contributed by atoms with Crippen molar-refractivity contribution in [1.29, 1.82) is 0 Å². The van der Waals surface area contributed by atoms with E-state index in [9.17, 15) is 0 Å². The molecular formula is C10H15NO. The molecule has 0 saturated carbocycles. The van der Waals surface area contributed by atoms with Crippen LogP contribution < -0.4 is 5.73 Å². The highest BCUT2D eigenvalue weighted by atomic mass is 16.5. The molecule has 0 aliphatic carbocycles. The first-order valence-corrected chi connectivity index (χ1v) is 4.01. The summed E-state index contributed by atoms with van der Waals surface area (Å²) in [7, 11) is 0. The second kappa shape index (κ2) is 3.70. The Kier molecular flexibility index (Phi) is 2.84. The molecule has 0 aromatic heterocycles. The van der Waals surface area contributed by atoms with E-state index in [4.69, 9.17) is 10.5 Å². The van der Waals surface area contributed by atoms with Crippen LogP contribution in [-0.2, 0) is 4.74 Å². The van der Waals surface area contributed by atoms with Crippen molar-refractivity contribution in [3.63, 3.8) is 0 Å². The molecule has 0 aromatic carbocycles. The Morgan fingerprint density at radius 2 is 2.42 bits per heavy atom. The molecule has 0 bridgehead atoms. The van der Waals surface area contributed by atoms with E-state index in [1.54, 1.807) is 6.08 Å². The average molecular weight is 165 g/mol. The van der Waals surface area contributed by atoms with Gasteiger partial charge in [0.2, 0.25) is 0 Å². The summed E-state index contributed by atoms with van der Waals surface area (Å²) in [5.74, 6) is 0. The van der Waals surface area contributed by atoms with Gasteiger partial charge in [-0.3, -0.25) is 0 Å². The molecule has 1 rings (SSSR count). The van der Waals surface area contributed by atoms with Crippen molar-refractivity contribution in [2.24, 2.45) is 5.73 Å². The van der Waals surface area contributed by atoms with Crippen LogP contribution in [0.5, 0.6) is 0 Å². The first-order valence-electron chi connectivity index (χ1n) is 4.01. The van der Waals surface area contributed by atoms with Crippen LogP contribution in [0.15, 0.2) is 36.0 Å². The molecule has 1 atom stereocenters. The highest BCUT2D eigenvalue weighted by Crippen LogP contribution is 2.21. The van der Waals surface area contributed by atoms with Gasteiger partial charge < -0.3 is 10.5 Å². The van der Waals surface area contributed by atoms with Crippen molar-refractivity contribution in [1.82, 2.24) is 0 Å². The Morgan fingerprint density at radius 3 is 2.83 bits per heavy atom. The number of hydrogen-bond acceptors (Lipinski definition) is 2. The van der Waals surface area contributed by atoms with Gasteiger partial charge in [0.15, 0.2) is 0 Å². The maximum atomic E-state index is 5.85. The van der Waals surface area contributed by atoms with Crippen LogP contribution in [-0.4, -0.2) is 19.3 Å². The van der Waals surface area contributed by atoms with E-state index in [1.807, 2.05) is 6.92 Å². The van der Waals surface area contributed by atoms with E-state index >= 15 is 0 Å². The molecule has 2 N–H and O–H groups in total. The largest absolute Gasteiger partial charge is 0.375 e. The average Bonchev–Trinajstić information content (AvgIpc) is 2.03. The maximum Gasteiger partial charge on any atom is 0.0720 e. The second-order valence-electron chi connectivity index (χ2n) is 3.04. The van der Waals surface area contributed by atoms with E-state index in [1.165, 1.54) is 0 Å². The Hall–Kier alpha value is -0.860. The Balaban J connectivity index is 3.03. The van der Waals surface area contributed by atoms with Crippen LogP contribution >= 0.6 is 0 Å². The zero-order valence-electron chi connectivity index (χ0n) is 7.47. The minimum Gasteiger partial charge on any atom is -0.375 e. The van der Waals surface area contributed by atoms with Crippen molar-refractivity contribution in [3.05, 3.63) is 36.0 Å². The van der Waals surface area contributed by atoms with Crippen molar-refractivity contribution in [2.45, 2.75) is 13.0 Å². The third kappa shape index (κ3) is 1.65. The Bertz CT molecular complexity index is 240. The van der Waals surface area contributed by atoms with Crippen molar-refractivity contribution >= 4 is 0 Å². The van der Waals surface area contributed by atoms with Gasteiger partial charge in [0.25, 0.3) is 0 Å². The van der Waals surface area contributed by atoms with Gasteiger partial charge in [-0.05, 0) is 18.1 Å². The topological polar surface area (TPSA) is 35.2 Å². The number of ether oxygens (including phenoxy) is 1. The van der Waals surface area contributed by atoms with E-state index in [2.05, 4.69) is 13.2 Å². The van der Waals surface area contributed by atoms with E-state index in [-0.39, 0.29) is 6.04 Å². The second-order valence-corrected chi connectivity index (χ2v) is 3.04. The molecule has 1 heterocycles. The van der Waals surface area contributed by atoms with Gasteiger partial charge in [-0.25, -0.2) is 0 Å². The molecule has 66 valence electrons. The molecular weight excluding hydrogens is 150 g/mol. The monoisotopic (exact) mass is 165 g/mol. The predicted octanol–water partition coefficient (Wildman–Crippen LogP) is 1.40. The number of nitrogens with two attached hydrogens (primary N) is 1. The lowest BCUT2D eigenvalue weighted by Gasteiger charge is -2.24. The van der Waals surface area contributed by atoms with Crippen LogP contribution in [0.1, 0.15) is 6.92 Å². The summed E-state index contributed by atoms with van der Waals surface area (Å²) < 4.78 is 5.27. The summed E-state index contributed by atoms with van der Waals surface area (Å²) in [5, 5.41) is 0. The van der Waals surface area contributed by atoms with Crippen LogP contribution in [0.25, 0.3) is 0 Å². The standard InChI is InChI=1S/C10H15NO/c1-4-8-5-12-6-9(11)10(8)7(2)3/h4,9H,1-2,5-6,11H2,3H3. The van der Waals surface area contributed by atoms with Crippen molar-refractivity contribution in [2.75, 3.05) is 13.2 Å². The summed E-state index contributed by atoms with van der Waals surface area (Å²) >= 11 is 0. The molecule has 0 saturated heterocycles. The fraction of sp³-hybridized carbons (Fsp3) is 0.400. The molecule has 0 aromatic rings. The molecule has 2 nitrogen and oxygen atoms in total. The van der Waals surface area contributed by atoms with Gasteiger partial charge in [-0.2, -0.15) is 0 Å². The fourth-order valence-electron chi connectivity index (χ4n) is 1.45. The van der Waals surface area contributed by atoms with Crippen LogP contribution in [0.2, 0.25) is 0 Å². The minimum atomic E-state index is -0.0377. The zero-order chi connectivity index (χ0) is 9.14. The van der Waals surface area contributed by atoms with Gasteiger partial charge in [0.05, 0.1) is 19.3 Å². The van der Waals surface area contributed by atoms with Crippen LogP contribution in [0.3, 0.4) is 0 Å². The lowest BCUT2D eigenvalue weighted by molar-refractivity contribution is 0.137. The van der Waals surface area contributed by atoms with Gasteiger partial charge in [0, 0.05) is 0 Å². The SMILES string of the molecule is C=CC1=C(C(=C)C)C(N)COC1. The zero-order valence-corrected chi connectivity index (χ0v) is 7.47. The van der Waals surface area contributed by atoms with Gasteiger partial charge in [-0.15, -0.1) is 0 Å². The lowest BCUT2D eigenvalue weighted by atomic mass is 9.94. The van der Waals surface area contributed by atoms with Crippen LogP contribution in [0, 0.1) is 0 Å². The molecule has 1 aliphatic rings. The summed E-state index contributed by atoms with van der Waals surface area (Å²) in [6.07, 6.45) is 1.79. The molecule has 1 aliphatic heterocycles. The maximum absolute atomic E-state index is 5.85. The lowest BCUT2D eigenvalue weighted by Crippen LogP contribution is -2.34.